The highest BCUT2D eigenvalue weighted by Crippen LogP contribution is 2.38. The molecule has 1 saturated heterocycles. The zero-order valence-electron chi connectivity index (χ0n) is 9.25. The molecule has 1 aliphatic rings. The topological polar surface area (TPSA) is 22.4 Å². The molecule has 0 amide bonds. The van der Waals surface area contributed by atoms with Crippen LogP contribution < -0.4 is 0 Å². The van der Waals surface area contributed by atoms with E-state index in [1.54, 1.807) is 0 Å². The molecule has 15 heavy (non-hydrogen) atoms. The zero-order chi connectivity index (χ0) is 10.9. The van der Waals surface area contributed by atoms with E-state index in [1.165, 1.54) is 12.8 Å². The Bertz CT molecular complexity index is 334. The zero-order valence-corrected chi connectivity index (χ0v) is 11.4. The number of hydrogen-bond donors (Lipinski definition) is 0. The van der Waals surface area contributed by atoms with E-state index in [-0.39, 0.29) is 5.60 Å². The molecule has 0 N–H and O–H groups in total. The second-order valence-corrected chi connectivity index (χ2v) is 5.31. The number of halogens is 1. The third-order valence-electron chi connectivity index (χ3n) is 3.04. The van der Waals surface area contributed by atoms with Gasteiger partial charge in [-0.1, -0.05) is 22.6 Å². The van der Waals surface area contributed by atoms with Crippen LogP contribution in [0.4, 0.5) is 0 Å². The Balaban J connectivity index is 2.18. The van der Waals surface area contributed by atoms with Crippen LogP contribution in [-0.4, -0.2) is 10.5 Å². The van der Waals surface area contributed by atoms with Crippen molar-refractivity contribution in [2.24, 2.45) is 0 Å². The molecule has 0 aromatic carbocycles. The monoisotopic (exact) mass is 320 g/mol. The number of aryl methyl sites for hydroxylation is 1. The van der Waals surface area contributed by atoms with Crippen molar-refractivity contribution in [3.8, 4) is 0 Å². The molecule has 2 rings (SSSR count). The van der Waals surface area contributed by atoms with Gasteiger partial charge in [-0.3, -0.25) is 0 Å². The Hall–Kier alpha value is -0.0300. The van der Waals surface area contributed by atoms with Gasteiger partial charge < -0.3 is 9.15 Å². The van der Waals surface area contributed by atoms with Crippen molar-refractivity contribution in [3.05, 3.63) is 23.7 Å². The Labute approximate surface area is 105 Å². The van der Waals surface area contributed by atoms with Gasteiger partial charge in [-0.05, 0) is 45.2 Å². The molecule has 0 bridgehead atoms. The van der Waals surface area contributed by atoms with Crippen molar-refractivity contribution in [2.45, 2.75) is 44.8 Å². The summed E-state index contributed by atoms with van der Waals surface area (Å²) in [6.07, 6.45) is 3.85. The molecule has 84 valence electrons. The fourth-order valence-corrected chi connectivity index (χ4v) is 2.78. The van der Waals surface area contributed by atoms with E-state index in [1.807, 2.05) is 19.1 Å². The molecular formula is C12H17IO2. The highest BCUT2D eigenvalue weighted by Gasteiger charge is 2.36. The average molecular weight is 320 g/mol. The molecule has 1 aromatic heterocycles. The molecule has 2 atom stereocenters. The van der Waals surface area contributed by atoms with E-state index < -0.39 is 0 Å². The Kier molecular flexibility index (Phi) is 3.40. The molecule has 2 heterocycles. The van der Waals surface area contributed by atoms with Crippen molar-refractivity contribution < 1.29 is 9.15 Å². The lowest BCUT2D eigenvalue weighted by molar-refractivity contribution is -0.123. The highest BCUT2D eigenvalue weighted by molar-refractivity contribution is 14.1. The lowest BCUT2D eigenvalue weighted by Crippen LogP contribution is -2.36. The normalized spacial score (nSPS) is 31.8. The standard InChI is InChI=1S/C12H17IO2/c1-9-5-6-11(14-9)12(2)7-3-4-10(8-13)15-12/h5-6,10H,3-4,7-8H2,1-2H3. The van der Waals surface area contributed by atoms with Crippen molar-refractivity contribution in [2.75, 3.05) is 4.43 Å². The largest absolute Gasteiger partial charge is 0.463 e. The third kappa shape index (κ3) is 2.38. The van der Waals surface area contributed by atoms with Crippen molar-refractivity contribution in [1.29, 1.82) is 0 Å². The van der Waals surface area contributed by atoms with E-state index in [9.17, 15) is 0 Å². The molecule has 0 spiro atoms. The van der Waals surface area contributed by atoms with Crippen molar-refractivity contribution in [1.82, 2.24) is 0 Å². The van der Waals surface area contributed by atoms with E-state index in [4.69, 9.17) is 9.15 Å². The molecule has 0 saturated carbocycles. The van der Waals surface area contributed by atoms with E-state index in [0.717, 1.165) is 22.4 Å². The summed E-state index contributed by atoms with van der Waals surface area (Å²) in [6.45, 7) is 4.12. The molecule has 1 aromatic rings. The lowest BCUT2D eigenvalue weighted by Gasteiger charge is -2.36. The smallest absolute Gasteiger partial charge is 0.135 e. The Morgan fingerprint density at radius 1 is 1.53 bits per heavy atom. The SMILES string of the molecule is Cc1ccc(C2(C)CCCC(CI)O2)o1. The van der Waals surface area contributed by atoms with Gasteiger partial charge in [-0.25, -0.2) is 0 Å². The second-order valence-electron chi connectivity index (χ2n) is 4.43. The second kappa shape index (κ2) is 4.45. The highest BCUT2D eigenvalue weighted by atomic mass is 127. The van der Waals surface area contributed by atoms with Crippen LogP contribution in [0.25, 0.3) is 0 Å². The minimum absolute atomic E-state index is 0.206. The van der Waals surface area contributed by atoms with Crippen molar-refractivity contribution >= 4 is 22.6 Å². The first-order chi connectivity index (χ1) is 7.14. The Morgan fingerprint density at radius 2 is 2.33 bits per heavy atom. The van der Waals surface area contributed by atoms with Gasteiger partial charge in [0.15, 0.2) is 0 Å². The summed E-state index contributed by atoms with van der Waals surface area (Å²) in [5, 5.41) is 0. The number of furan rings is 1. The maximum Gasteiger partial charge on any atom is 0.135 e. The number of hydrogen-bond acceptors (Lipinski definition) is 2. The summed E-state index contributed by atoms with van der Waals surface area (Å²) in [6, 6.07) is 4.06. The molecule has 0 radical (unpaired) electrons. The van der Waals surface area contributed by atoms with E-state index >= 15 is 0 Å². The van der Waals surface area contributed by atoms with Gasteiger partial charge >= 0.3 is 0 Å². The van der Waals surface area contributed by atoms with Crippen LogP contribution in [0.3, 0.4) is 0 Å². The first-order valence-electron chi connectivity index (χ1n) is 5.45. The lowest BCUT2D eigenvalue weighted by atomic mass is 9.91. The van der Waals surface area contributed by atoms with Crippen LogP contribution >= 0.6 is 22.6 Å². The van der Waals surface area contributed by atoms with Gasteiger partial charge in [-0.2, -0.15) is 0 Å². The van der Waals surface area contributed by atoms with Crippen LogP contribution in [0.5, 0.6) is 0 Å². The van der Waals surface area contributed by atoms with Gasteiger partial charge in [0.1, 0.15) is 17.1 Å². The van der Waals surface area contributed by atoms with E-state index in [0.29, 0.717) is 6.10 Å². The summed E-state index contributed by atoms with van der Waals surface area (Å²) < 4.78 is 12.9. The fourth-order valence-electron chi connectivity index (χ4n) is 2.16. The van der Waals surface area contributed by atoms with Crippen LogP contribution in [0.1, 0.15) is 37.7 Å². The van der Waals surface area contributed by atoms with Gasteiger partial charge in [0.2, 0.25) is 0 Å². The Morgan fingerprint density at radius 3 is 2.93 bits per heavy atom. The predicted molar refractivity (Wildman–Crippen MR) is 68.4 cm³/mol. The van der Waals surface area contributed by atoms with E-state index in [2.05, 4.69) is 29.5 Å². The molecule has 2 unspecified atom stereocenters. The predicted octanol–water partition coefficient (Wildman–Crippen LogP) is 3.81. The molecule has 1 fully saturated rings. The number of alkyl halides is 1. The molecular weight excluding hydrogens is 303 g/mol. The van der Waals surface area contributed by atoms with Gasteiger partial charge in [0, 0.05) is 4.43 Å². The third-order valence-corrected chi connectivity index (χ3v) is 4.02. The van der Waals surface area contributed by atoms with Gasteiger partial charge in [0.25, 0.3) is 0 Å². The summed E-state index contributed by atoms with van der Waals surface area (Å²) >= 11 is 2.39. The minimum atomic E-state index is -0.206. The molecule has 2 nitrogen and oxygen atoms in total. The molecule has 0 aliphatic carbocycles. The maximum absolute atomic E-state index is 6.12. The molecule has 3 heteroatoms. The number of ether oxygens (including phenoxy) is 1. The van der Waals surface area contributed by atoms with Crippen LogP contribution in [0.15, 0.2) is 16.5 Å². The van der Waals surface area contributed by atoms with Crippen molar-refractivity contribution in [3.63, 3.8) is 0 Å². The van der Waals surface area contributed by atoms with Gasteiger partial charge in [0.05, 0.1) is 6.10 Å². The van der Waals surface area contributed by atoms with Crippen LogP contribution in [0, 0.1) is 6.92 Å². The first-order valence-corrected chi connectivity index (χ1v) is 6.97. The van der Waals surface area contributed by atoms with Gasteiger partial charge in [-0.15, -0.1) is 0 Å². The minimum Gasteiger partial charge on any atom is -0.463 e. The average Bonchev–Trinajstić information content (AvgIpc) is 2.65. The molecule has 1 aliphatic heterocycles. The van der Waals surface area contributed by atoms with Crippen LogP contribution in [0.2, 0.25) is 0 Å². The van der Waals surface area contributed by atoms with Crippen LogP contribution in [-0.2, 0) is 10.3 Å². The summed E-state index contributed by atoms with van der Waals surface area (Å²) in [5.41, 5.74) is -0.206. The summed E-state index contributed by atoms with van der Waals surface area (Å²) in [7, 11) is 0. The fraction of sp³-hybridized carbons (Fsp3) is 0.667. The summed E-state index contributed by atoms with van der Waals surface area (Å²) in [4.78, 5) is 0. The maximum atomic E-state index is 6.12. The quantitative estimate of drug-likeness (QED) is 0.611. The first kappa shape index (κ1) is 11.5. The summed E-state index contributed by atoms with van der Waals surface area (Å²) in [5.74, 6) is 1.95. The number of rotatable bonds is 2.